The van der Waals surface area contributed by atoms with Gasteiger partial charge in [0.25, 0.3) is 0 Å². The van der Waals surface area contributed by atoms with Crippen LogP contribution < -0.4 is 0 Å². The van der Waals surface area contributed by atoms with E-state index in [4.69, 9.17) is 11.6 Å². The fraction of sp³-hybridized carbons (Fsp3) is 0.533. The van der Waals surface area contributed by atoms with Gasteiger partial charge in [0.15, 0.2) is 0 Å². The summed E-state index contributed by atoms with van der Waals surface area (Å²) in [6.45, 7) is 4.15. The molecule has 0 aliphatic carbocycles. The highest BCUT2D eigenvalue weighted by atomic mass is 35.5. The van der Waals surface area contributed by atoms with E-state index >= 15 is 0 Å². The monoisotopic (exact) mass is 270 g/mol. The van der Waals surface area contributed by atoms with Gasteiger partial charge >= 0.3 is 0 Å². The number of hydrogen-bond donors (Lipinski definition) is 0. The summed E-state index contributed by atoms with van der Waals surface area (Å²) in [6, 6.07) is 4.58. The standard InChI is InChI=1S/C15H20ClFO/c1-3-5-6-12(4-2)15(18)10-11-7-8-13(16)14(17)9-11/h7-9,12H,3-6,10H2,1-2H3. The Labute approximate surface area is 113 Å². The summed E-state index contributed by atoms with van der Waals surface area (Å²) in [7, 11) is 0. The SMILES string of the molecule is CCCCC(CC)C(=O)Cc1ccc(Cl)c(F)c1. The lowest BCUT2D eigenvalue weighted by Crippen LogP contribution is -2.16. The average Bonchev–Trinajstić information content (AvgIpc) is 2.35. The summed E-state index contributed by atoms with van der Waals surface area (Å²) in [4.78, 5) is 12.1. The van der Waals surface area contributed by atoms with Crippen LogP contribution in [0.15, 0.2) is 18.2 Å². The van der Waals surface area contributed by atoms with Crippen molar-refractivity contribution in [2.75, 3.05) is 0 Å². The van der Waals surface area contributed by atoms with E-state index in [1.54, 1.807) is 6.07 Å². The number of hydrogen-bond acceptors (Lipinski definition) is 1. The van der Waals surface area contributed by atoms with Crippen LogP contribution in [0.5, 0.6) is 0 Å². The first-order valence-corrected chi connectivity index (χ1v) is 6.92. The Balaban J connectivity index is 2.64. The van der Waals surface area contributed by atoms with Gasteiger partial charge in [-0.3, -0.25) is 4.79 Å². The van der Waals surface area contributed by atoms with Crippen molar-refractivity contribution in [3.63, 3.8) is 0 Å². The molecule has 0 spiro atoms. The summed E-state index contributed by atoms with van der Waals surface area (Å²) in [6.07, 6.45) is 4.26. The van der Waals surface area contributed by atoms with Gasteiger partial charge in [-0.25, -0.2) is 4.39 Å². The molecule has 0 saturated carbocycles. The molecule has 0 radical (unpaired) electrons. The predicted molar refractivity (Wildman–Crippen MR) is 73.4 cm³/mol. The predicted octanol–water partition coefficient (Wildman–Crippen LogP) is 4.81. The van der Waals surface area contributed by atoms with Crippen molar-refractivity contribution in [3.05, 3.63) is 34.6 Å². The second-order valence-corrected chi connectivity index (χ2v) is 5.05. The molecule has 0 fully saturated rings. The molecule has 0 aliphatic rings. The highest BCUT2D eigenvalue weighted by molar-refractivity contribution is 6.30. The molecule has 0 aromatic heterocycles. The lowest BCUT2D eigenvalue weighted by molar-refractivity contribution is -0.122. The van der Waals surface area contributed by atoms with E-state index in [1.165, 1.54) is 12.1 Å². The second kappa shape index (κ2) is 7.52. The highest BCUT2D eigenvalue weighted by Crippen LogP contribution is 2.19. The van der Waals surface area contributed by atoms with Crippen LogP contribution in [0.4, 0.5) is 4.39 Å². The third kappa shape index (κ3) is 4.41. The molecule has 1 aromatic carbocycles. The van der Waals surface area contributed by atoms with Crippen LogP contribution in [0, 0.1) is 11.7 Å². The summed E-state index contributed by atoms with van der Waals surface area (Å²) in [5.41, 5.74) is 0.705. The van der Waals surface area contributed by atoms with E-state index in [1.807, 2.05) is 6.92 Å². The van der Waals surface area contributed by atoms with Crippen LogP contribution in [-0.4, -0.2) is 5.78 Å². The van der Waals surface area contributed by atoms with Crippen LogP contribution in [0.25, 0.3) is 0 Å². The van der Waals surface area contributed by atoms with E-state index in [-0.39, 0.29) is 16.7 Å². The van der Waals surface area contributed by atoms with Crippen molar-refractivity contribution in [1.82, 2.24) is 0 Å². The van der Waals surface area contributed by atoms with E-state index < -0.39 is 5.82 Å². The fourth-order valence-electron chi connectivity index (χ4n) is 2.04. The van der Waals surface area contributed by atoms with Crippen LogP contribution in [0.3, 0.4) is 0 Å². The Kier molecular flexibility index (Phi) is 6.34. The Morgan fingerprint density at radius 2 is 2.11 bits per heavy atom. The molecule has 0 heterocycles. The van der Waals surface area contributed by atoms with Gasteiger partial charge in [0, 0.05) is 12.3 Å². The molecule has 0 saturated heterocycles. The molecule has 3 heteroatoms. The number of carbonyl (C=O) groups excluding carboxylic acids is 1. The minimum absolute atomic E-state index is 0.101. The van der Waals surface area contributed by atoms with E-state index in [0.717, 1.165) is 25.7 Å². The molecule has 0 bridgehead atoms. The third-order valence-electron chi connectivity index (χ3n) is 3.22. The lowest BCUT2D eigenvalue weighted by Gasteiger charge is -2.13. The first-order valence-electron chi connectivity index (χ1n) is 6.55. The molecular formula is C15H20ClFO. The summed E-state index contributed by atoms with van der Waals surface area (Å²) >= 11 is 5.62. The van der Waals surface area contributed by atoms with Crippen molar-refractivity contribution in [3.8, 4) is 0 Å². The van der Waals surface area contributed by atoms with E-state index in [9.17, 15) is 9.18 Å². The quantitative estimate of drug-likeness (QED) is 0.695. The smallest absolute Gasteiger partial charge is 0.142 e. The van der Waals surface area contributed by atoms with Gasteiger partial charge in [0.2, 0.25) is 0 Å². The Bertz CT molecular complexity index is 403. The zero-order chi connectivity index (χ0) is 13.5. The fourth-order valence-corrected chi connectivity index (χ4v) is 2.16. The summed E-state index contributed by atoms with van der Waals surface area (Å²) in [5.74, 6) is -0.153. The van der Waals surface area contributed by atoms with Crippen molar-refractivity contribution in [1.29, 1.82) is 0 Å². The molecule has 1 atom stereocenters. The lowest BCUT2D eigenvalue weighted by atomic mass is 9.91. The molecule has 0 amide bonds. The zero-order valence-corrected chi connectivity index (χ0v) is 11.8. The van der Waals surface area contributed by atoms with Gasteiger partial charge in [-0.05, 0) is 30.5 Å². The topological polar surface area (TPSA) is 17.1 Å². The minimum Gasteiger partial charge on any atom is -0.299 e. The number of Topliss-reactive ketones (excluding diaryl/α,β-unsaturated/α-hetero) is 1. The summed E-state index contributed by atoms with van der Waals surface area (Å²) in [5, 5.41) is 0.101. The van der Waals surface area contributed by atoms with Crippen molar-refractivity contribution in [2.24, 2.45) is 5.92 Å². The molecule has 100 valence electrons. The second-order valence-electron chi connectivity index (χ2n) is 4.64. The largest absolute Gasteiger partial charge is 0.299 e. The van der Waals surface area contributed by atoms with Crippen LogP contribution in [-0.2, 0) is 11.2 Å². The average molecular weight is 271 g/mol. The molecule has 1 nitrogen and oxygen atoms in total. The third-order valence-corrected chi connectivity index (χ3v) is 3.52. The minimum atomic E-state index is -0.455. The van der Waals surface area contributed by atoms with E-state index in [0.29, 0.717) is 12.0 Å². The first kappa shape index (κ1) is 15.2. The number of unbranched alkanes of at least 4 members (excludes halogenated alkanes) is 1. The Hall–Kier alpha value is -0.890. The maximum atomic E-state index is 13.3. The highest BCUT2D eigenvalue weighted by Gasteiger charge is 2.16. The van der Waals surface area contributed by atoms with Gasteiger partial charge in [0.05, 0.1) is 5.02 Å². The Morgan fingerprint density at radius 3 is 2.67 bits per heavy atom. The van der Waals surface area contributed by atoms with Crippen molar-refractivity contribution in [2.45, 2.75) is 46.0 Å². The number of benzene rings is 1. The number of halogens is 2. The first-order chi connectivity index (χ1) is 8.58. The maximum absolute atomic E-state index is 13.3. The molecule has 0 N–H and O–H groups in total. The molecule has 18 heavy (non-hydrogen) atoms. The van der Waals surface area contributed by atoms with Crippen molar-refractivity contribution < 1.29 is 9.18 Å². The normalized spacial score (nSPS) is 12.4. The van der Waals surface area contributed by atoms with Gasteiger partial charge in [-0.15, -0.1) is 0 Å². The molecular weight excluding hydrogens is 251 g/mol. The van der Waals surface area contributed by atoms with Crippen LogP contribution in [0.2, 0.25) is 5.02 Å². The van der Waals surface area contributed by atoms with Gasteiger partial charge in [-0.1, -0.05) is 44.4 Å². The molecule has 1 unspecified atom stereocenters. The number of ketones is 1. The van der Waals surface area contributed by atoms with Crippen LogP contribution >= 0.6 is 11.6 Å². The molecule has 1 aromatic rings. The molecule has 1 rings (SSSR count). The van der Waals surface area contributed by atoms with Gasteiger partial charge in [-0.2, -0.15) is 0 Å². The van der Waals surface area contributed by atoms with E-state index in [2.05, 4.69) is 6.92 Å². The van der Waals surface area contributed by atoms with Gasteiger partial charge in [0.1, 0.15) is 11.6 Å². The van der Waals surface area contributed by atoms with Gasteiger partial charge < -0.3 is 0 Å². The number of rotatable bonds is 7. The number of carbonyl (C=O) groups is 1. The summed E-state index contributed by atoms with van der Waals surface area (Å²) < 4.78 is 13.3. The zero-order valence-electron chi connectivity index (χ0n) is 11.0. The maximum Gasteiger partial charge on any atom is 0.142 e. The van der Waals surface area contributed by atoms with Crippen LogP contribution in [0.1, 0.15) is 45.1 Å². The van der Waals surface area contributed by atoms with Crippen molar-refractivity contribution >= 4 is 17.4 Å². The Morgan fingerprint density at radius 1 is 1.39 bits per heavy atom. The molecule has 0 aliphatic heterocycles.